The first kappa shape index (κ1) is 27.5. The molecule has 1 saturated heterocycles. The first-order chi connectivity index (χ1) is 19.2. The quantitative estimate of drug-likeness (QED) is 0.333. The van der Waals surface area contributed by atoms with Crippen LogP contribution in [0.15, 0.2) is 99.9 Å². The van der Waals surface area contributed by atoms with Crippen LogP contribution in [0.25, 0.3) is 5.69 Å². The number of pyridine rings is 1. The average Bonchev–Trinajstić information content (AvgIpc) is 2.97. The lowest BCUT2D eigenvalue weighted by molar-refractivity contribution is 0.383. The van der Waals surface area contributed by atoms with Gasteiger partial charge in [0.15, 0.2) is 9.84 Å². The molecule has 1 aliphatic rings. The molecular formula is C27H28N6O5S2. The van der Waals surface area contributed by atoms with E-state index in [2.05, 4.69) is 15.4 Å². The summed E-state index contributed by atoms with van der Waals surface area (Å²) in [7, 11) is -7.82. The number of anilines is 2. The van der Waals surface area contributed by atoms with Gasteiger partial charge in [-0.3, -0.25) is 9.78 Å². The van der Waals surface area contributed by atoms with E-state index in [1.54, 1.807) is 30.7 Å². The van der Waals surface area contributed by atoms with Crippen molar-refractivity contribution in [2.75, 3.05) is 42.7 Å². The molecule has 2 aromatic carbocycles. The van der Waals surface area contributed by atoms with Gasteiger partial charge in [0.2, 0.25) is 10.0 Å². The number of hydrogen-bond donors (Lipinski definition) is 1. The molecule has 0 saturated carbocycles. The molecule has 0 aliphatic carbocycles. The molecule has 4 aromatic rings. The Balaban J connectivity index is 1.43. The maximum atomic E-state index is 13.6. The minimum atomic E-state index is -4.07. The van der Waals surface area contributed by atoms with Crippen LogP contribution in [-0.2, 0) is 26.4 Å². The monoisotopic (exact) mass is 580 g/mol. The molecule has 13 heteroatoms. The number of benzene rings is 2. The number of nitrogens with one attached hydrogen (secondary N) is 1. The maximum absolute atomic E-state index is 13.6. The number of aromatic nitrogens is 3. The van der Waals surface area contributed by atoms with Crippen molar-refractivity contribution in [1.82, 2.24) is 19.1 Å². The van der Waals surface area contributed by atoms with Crippen LogP contribution in [0.2, 0.25) is 0 Å². The largest absolute Gasteiger partial charge is 0.375 e. The summed E-state index contributed by atoms with van der Waals surface area (Å²) in [5.41, 5.74) is 2.04. The van der Waals surface area contributed by atoms with E-state index in [4.69, 9.17) is 0 Å². The van der Waals surface area contributed by atoms with Crippen molar-refractivity contribution in [3.63, 3.8) is 0 Å². The Bertz CT molecular complexity index is 1770. The molecule has 0 spiro atoms. The van der Waals surface area contributed by atoms with Gasteiger partial charge in [0.1, 0.15) is 10.6 Å². The van der Waals surface area contributed by atoms with Gasteiger partial charge in [-0.15, -0.1) is 0 Å². The van der Waals surface area contributed by atoms with E-state index in [9.17, 15) is 21.6 Å². The normalized spacial score (nSPS) is 14.7. The standard InChI is InChI=1S/C27H28N6O5S2/c1-39(35,36)24-11-5-6-12-25(24)40(37,38)32-16-14-31(15-17-32)23-20-30-33(22-9-3-2-4-10-22)27(34)26(23)29-19-21-8-7-13-28-18-21/h2-13,18,20,29H,14-17,19H2,1H3. The molecule has 1 aliphatic heterocycles. The van der Waals surface area contributed by atoms with Crippen molar-refractivity contribution in [3.8, 4) is 5.69 Å². The summed E-state index contributed by atoms with van der Waals surface area (Å²) in [6.07, 6.45) is 5.97. The molecule has 2 aromatic heterocycles. The second kappa shape index (κ2) is 11.2. The number of rotatable bonds is 8. The van der Waals surface area contributed by atoms with Crippen molar-refractivity contribution < 1.29 is 16.8 Å². The van der Waals surface area contributed by atoms with Gasteiger partial charge in [-0.05, 0) is 35.9 Å². The molecule has 0 atom stereocenters. The van der Waals surface area contributed by atoms with E-state index in [1.807, 2.05) is 35.2 Å². The third kappa shape index (κ3) is 5.62. The fourth-order valence-corrected chi connectivity index (χ4v) is 7.60. The van der Waals surface area contributed by atoms with E-state index in [0.717, 1.165) is 11.8 Å². The number of sulfone groups is 1. The van der Waals surface area contributed by atoms with Gasteiger partial charge in [0, 0.05) is 51.4 Å². The molecule has 208 valence electrons. The number of nitrogens with zero attached hydrogens (tertiary/aromatic N) is 5. The predicted molar refractivity (Wildman–Crippen MR) is 152 cm³/mol. The van der Waals surface area contributed by atoms with Crippen molar-refractivity contribution in [2.45, 2.75) is 16.3 Å². The highest BCUT2D eigenvalue weighted by Gasteiger charge is 2.33. The zero-order chi connectivity index (χ0) is 28.3. The maximum Gasteiger partial charge on any atom is 0.296 e. The van der Waals surface area contributed by atoms with Crippen molar-refractivity contribution in [1.29, 1.82) is 0 Å². The minimum absolute atomic E-state index is 0.101. The number of para-hydroxylation sites is 1. The predicted octanol–water partition coefficient (Wildman–Crippen LogP) is 2.15. The molecule has 1 N–H and O–H groups in total. The molecule has 5 rings (SSSR count). The van der Waals surface area contributed by atoms with Gasteiger partial charge in [0.25, 0.3) is 5.56 Å². The van der Waals surface area contributed by atoms with Crippen LogP contribution in [-0.4, -0.2) is 68.3 Å². The van der Waals surface area contributed by atoms with Crippen LogP contribution in [0.4, 0.5) is 11.4 Å². The molecule has 0 radical (unpaired) electrons. The average molecular weight is 581 g/mol. The van der Waals surface area contributed by atoms with Crippen LogP contribution < -0.4 is 15.8 Å². The SMILES string of the molecule is CS(=O)(=O)c1ccccc1S(=O)(=O)N1CCN(c2cnn(-c3ccccc3)c(=O)c2NCc2cccnc2)CC1. The van der Waals surface area contributed by atoms with E-state index in [1.165, 1.54) is 33.3 Å². The summed E-state index contributed by atoms with van der Waals surface area (Å²) in [4.78, 5) is 19.2. The van der Waals surface area contributed by atoms with Gasteiger partial charge in [-0.25, -0.2) is 16.8 Å². The van der Waals surface area contributed by atoms with Gasteiger partial charge in [-0.2, -0.15) is 14.1 Å². The lowest BCUT2D eigenvalue weighted by atomic mass is 10.2. The van der Waals surface area contributed by atoms with E-state index >= 15 is 0 Å². The van der Waals surface area contributed by atoms with Crippen LogP contribution in [0, 0.1) is 0 Å². The Morgan fingerprint density at radius 1 is 0.825 bits per heavy atom. The number of hydrogen-bond acceptors (Lipinski definition) is 9. The van der Waals surface area contributed by atoms with Crippen molar-refractivity contribution in [2.24, 2.45) is 0 Å². The van der Waals surface area contributed by atoms with E-state index in [-0.39, 0.29) is 41.5 Å². The van der Waals surface area contributed by atoms with E-state index < -0.39 is 19.9 Å². The Labute approximate surface area is 232 Å². The Morgan fingerprint density at radius 2 is 1.50 bits per heavy atom. The van der Waals surface area contributed by atoms with Gasteiger partial charge < -0.3 is 10.2 Å². The Hall–Kier alpha value is -4.07. The first-order valence-electron chi connectivity index (χ1n) is 12.5. The van der Waals surface area contributed by atoms with E-state index in [0.29, 0.717) is 23.6 Å². The highest BCUT2D eigenvalue weighted by Crippen LogP contribution is 2.28. The second-order valence-electron chi connectivity index (χ2n) is 9.28. The molecule has 1 fully saturated rings. The van der Waals surface area contributed by atoms with Crippen molar-refractivity contribution in [3.05, 3.63) is 101 Å². The summed E-state index contributed by atoms with van der Waals surface area (Å²) in [6, 6.07) is 18.4. The van der Waals surface area contributed by atoms with Crippen molar-refractivity contribution >= 4 is 31.2 Å². The van der Waals surface area contributed by atoms with Gasteiger partial charge >= 0.3 is 0 Å². The molecular weight excluding hydrogens is 552 g/mol. The summed E-state index contributed by atoms with van der Waals surface area (Å²) >= 11 is 0. The Morgan fingerprint density at radius 3 is 2.15 bits per heavy atom. The lowest BCUT2D eigenvalue weighted by Crippen LogP contribution is -2.49. The summed E-state index contributed by atoms with van der Waals surface area (Å²) in [6.45, 7) is 1.11. The van der Waals surface area contributed by atoms with Gasteiger partial charge in [0.05, 0.1) is 22.5 Å². The molecule has 40 heavy (non-hydrogen) atoms. The van der Waals surface area contributed by atoms with Crippen LogP contribution in [0.3, 0.4) is 0 Å². The third-order valence-corrected chi connectivity index (χ3v) is 9.84. The highest BCUT2D eigenvalue weighted by atomic mass is 32.2. The molecule has 3 heterocycles. The minimum Gasteiger partial charge on any atom is -0.375 e. The summed E-state index contributed by atoms with van der Waals surface area (Å²) in [5.74, 6) is 0. The second-order valence-corrected chi connectivity index (χ2v) is 13.2. The van der Waals surface area contributed by atoms with Crippen LogP contribution >= 0.6 is 0 Å². The summed E-state index contributed by atoms with van der Waals surface area (Å²) in [5, 5.41) is 7.65. The number of piperazine rings is 1. The molecule has 0 amide bonds. The van der Waals surface area contributed by atoms with Crippen LogP contribution in [0.1, 0.15) is 5.56 Å². The van der Waals surface area contributed by atoms with Gasteiger partial charge in [-0.1, -0.05) is 36.4 Å². The molecule has 11 nitrogen and oxygen atoms in total. The molecule has 0 bridgehead atoms. The highest BCUT2D eigenvalue weighted by molar-refractivity contribution is 7.93. The smallest absolute Gasteiger partial charge is 0.296 e. The number of sulfonamides is 1. The van der Waals surface area contributed by atoms with Crippen LogP contribution in [0.5, 0.6) is 0 Å². The topological polar surface area (TPSA) is 135 Å². The lowest BCUT2D eigenvalue weighted by Gasteiger charge is -2.36. The fraction of sp³-hybridized carbons (Fsp3) is 0.222. The first-order valence-corrected chi connectivity index (χ1v) is 15.8. The fourth-order valence-electron chi connectivity index (χ4n) is 4.58. The third-order valence-electron chi connectivity index (χ3n) is 6.60. The molecule has 0 unspecified atom stereocenters. The Kier molecular flexibility index (Phi) is 7.70. The zero-order valence-electron chi connectivity index (χ0n) is 21.7. The summed E-state index contributed by atoms with van der Waals surface area (Å²) < 4.78 is 54.0. The zero-order valence-corrected chi connectivity index (χ0v) is 23.3.